The van der Waals surface area contributed by atoms with Gasteiger partial charge in [-0.05, 0) is 24.4 Å². The van der Waals surface area contributed by atoms with E-state index < -0.39 is 18.0 Å². The molecular weight excluding hydrogens is 318 g/mol. The fourth-order valence-corrected chi connectivity index (χ4v) is 2.84. The van der Waals surface area contributed by atoms with Gasteiger partial charge in [-0.3, -0.25) is 4.79 Å². The Balaban J connectivity index is 1.82. The molecule has 0 radical (unpaired) electrons. The molecule has 1 aromatic heterocycles. The molecule has 3 aromatic rings. The van der Waals surface area contributed by atoms with Crippen LogP contribution in [0.2, 0.25) is 0 Å². The fraction of sp³-hybridized carbons (Fsp3) is 0.200. The topological polar surface area (TPSA) is 57.5 Å². The fourth-order valence-electron chi connectivity index (χ4n) is 2.84. The smallest absolute Gasteiger partial charge is 0.351 e. The molecule has 0 saturated carbocycles. The number of para-hydroxylation sites is 1. The number of carbonyl (C=O) groups is 2. The van der Waals surface area contributed by atoms with Gasteiger partial charge in [-0.2, -0.15) is 0 Å². The number of aromatic nitrogens is 1. The Labute approximate surface area is 145 Å². The molecule has 0 N–H and O–H groups in total. The van der Waals surface area contributed by atoms with Crippen LogP contribution in [0.15, 0.2) is 60.7 Å². The number of benzene rings is 2. The Bertz CT molecular complexity index is 898. The number of methoxy groups -OCH3 is 1. The summed E-state index contributed by atoms with van der Waals surface area (Å²) in [5.41, 5.74) is 2.48. The molecule has 1 atom stereocenters. The Morgan fingerprint density at radius 3 is 2.44 bits per heavy atom. The largest absolute Gasteiger partial charge is 0.466 e. The van der Waals surface area contributed by atoms with E-state index in [2.05, 4.69) is 0 Å². The van der Waals surface area contributed by atoms with E-state index in [0.29, 0.717) is 5.56 Å². The zero-order valence-electron chi connectivity index (χ0n) is 14.1. The van der Waals surface area contributed by atoms with E-state index in [9.17, 15) is 9.59 Å². The molecule has 0 unspecified atom stereocenters. The van der Waals surface area contributed by atoms with Crippen molar-refractivity contribution in [3.8, 4) is 0 Å². The van der Waals surface area contributed by atoms with Crippen LogP contribution in [0.25, 0.3) is 10.9 Å². The average Bonchev–Trinajstić information content (AvgIpc) is 2.95. The third-order valence-electron chi connectivity index (χ3n) is 4.07. The van der Waals surface area contributed by atoms with Crippen molar-refractivity contribution in [3.05, 3.63) is 71.9 Å². The van der Waals surface area contributed by atoms with Gasteiger partial charge < -0.3 is 14.0 Å². The summed E-state index contributed by atoms with van der Waals surface area (Å²) in [6.45, 7) is 1.96. The molecule has 5 nitrogen and oxygen atoms in total. The van der Waals surface area contributed by atoms with Gasteiger partial charge in [0.1, 0.15) is 6.54 Å². The molecule has 5 heteroatoms. The first-order valence-corrected chi connectivity index (χ1v) is 7.97. The highest BCUT2D eigenvalue weighted by Crippen LogP contribution is 2.22. The van der Waals surface area contributed by atoms with Crippen LogP contribution in [0.3, 0.4) is 0 Å². The van der Waals surface area contributed by atoms with Crippen molar-refractivity contribution < 1.29 is 19.1 Å². The van der Waals surface area contributed by atoms with Crippen LogP contribution in [0.4, 0.5) is 0 Å². The Morgan fingerprint density at radius 1 is 1.04 bits per heavy atom. The number of carbonyl (C=O) groups excluding carboxylic acids is 2. The number of esters is 2. The van der Waals surface area contributed by atoms with Gasteiger partial charge in [-0.25, -0.2) is 4.79 Å². The maximum Gasteiger partial charge on any atom is 0.351 e. The quantitative estimate of drug-likeness (QED) is 0.670. The van der Waals surface area contributed by atoms with Crippen LogP contribution in [0.1, 0.15) is 17.4 Å². The second-order valence-corrected chi connectivity index (χ2v) is 5.73. The molecule has 3 rings (SSSR count). The first-order valence-electron chi connectivity index (χ1n) is 7.97. The Kier molecular flexibility index (Phi) is 4.84. The molecule has 128 valence electrons. The van der Waals surface area contributed by atoms with Gasteiger partial charge in [0.15, 0.2) is 0 Å². The van der Waals surface area contributed by atoms with E-state index in [-0.39, 0.29) is 6.54 Å². The summed E-state index contributed by atoms with van der Waals surface area (Å²) in [6, 6.07) is 18.7. The van der Waals surface area contributed by atoms with E-state index in [4.69, 9.17) is 9.47 Å². The molecule has 0 fully saturated rings. The van der Waals surface area contributed by atoms with Crippen molar-refractivity contribution in [2.24, 2.45) is 0 Å². The molecule has 0 bridgehead atoms. The highest BCUT2D eigenvalue weighted by molar-refractivity contribution is 5.84. The van der Waals surface area contributed by atoms with Crippen molar-refractivity contribution in [1.29, 1.82) is 0 Å². The Hall–Kier alpha value is -3.08. The lowest BCUT2D eigenvalue weighted by molar-refractivity contribution is -0.167. The second kappa shape index (κ2) is 7.21. The van der Waals surface area contributed by atoms with Gasteiger partial charge in [0.05, 0.1) is 7.11 Å². The van der Waals surface area contributed by atoms with E-state index in [1.54, 1.807) is 24.3 Å². The van der Waals surface area contributed by atoms with Crippen LogP contribution in [-0.4, -0.2) is 23.6 Å². The molecule has 0 spiro atoms. The predicted molar refractivity (Wildman–Crippen MR) is 94.0 cm³/mol. The summed E-state index contributed by atoms with van der Waals surface area (Å²) < 4.78 is 12.1. The van der Waals surface area contributed by atoms with Crippen molar-refractivity contribution in [2.75, 3.05) is 7.11 Å². The molecule has 0 saturated heterocycles. The number of fused-ring (bicyclic) bond motifs is 1. The lowest BCUT2D eigenvalue weighted by Crippen LogP contribution is -2.23. The van der Waals surface area contributed by atoms with Gasteiger partial charge in [-0.1, -0.05) is 48.5 Å². The van der Waals surface area contributed by atoms with Crippen LogP contribution >= 0.6 is 0 Å². The van der Waals surface area contributed by atoms with Crippen molar-refractivity contribution in [1.82, 2.24) is 4.57 Å². The number of hydrogen-bond acceptors (Lipinski definition) is 4. The molecule has 2 aromatic carbocycles. The summed E-state index contributed by atoms with van der Waals surface area (Å²) >= 11 is 0. The standard InChI is InChI=1S/C20H19NO4/c1-14-12-16-10-6-7-11-17(16)21(14)13-18(22)25-19(20(23)24-2)15-8-4-3-5-9-15/h3-12,19H,13H2,1-2H3/t19-/m0/s1. The first-order chi connectivity index (χ1) is 12.1. The summed E-state index contributed by atoms with van der Waals surface area (Å²) in [5.74, 6) is -1.10. The predicted octanol–water partition coefficient (Wildman–Crippen LogP) is 3.41. The number of ether oxygens (including phenoxy) is 2. The minimum absolute atomic E-state index is 0.0275. The lowest BCUT2D eigenvalue weighted by atomic mass is 10.1. The van der Waals surface area contributed by atoms with Crippen molar-refractivity contribution >= 4 is 22.8 Å². The molecule has 0 aliphatic rings. The summed E-state index contributed by atoms with van der Waals surface area (Å²) in [5, 5.41) is 1.06. The van der Waals surface area contributed by atoms with Crippen LogP contribution in [-0.2, 0) is 25.6 Å². The SMILES string of the molecule is COC(=O)[C@@H](OC(=O)Cn1c(C)cc2ccccc21)c1ccccc1. The summed E-state index contributed by atoms with van der Waals surface area (Å²) in [4.78, 5) is 24.5. The average molecular weight is 337 g/mol. The highest BCUT2D eigenvalue weighted by atomic mass is 16.6. The summed E-state index contributed by atoms with van der Waals surface area (Å²) in [7, 11) is 1.27. The minimum atomic E-state index is -1.07. The maximum absolute atomic E-state index is 12.5. The molecule has 0 aliphatic heterocycles. The number of aryl methyl sites for hydroxylation is 1. The molecular formula is C20H19NO4. The highest BCUT2D eigenvalue weighted by Gasteiger charge is 2.26. The minimum Gasteiger partial charge on any atom is -0.466 e. The van der Waals surface area contributed by atoms with Crippen LogP contribution in [0.5, 0.6) is 0 Å². The number of nitrogens with zero attached hydrogens (tertiary/aromatic N) is 1. The number of rotatable bonds is 5. The van der Waals surface area contributed by atoms with E-state index in [0.717, 1.165) is 16.6 Å². The molecule has 0 aliphatic carbocycles. The third kappa shape index (κ3) is 3.55. The zero-order chi connectivity index (χ0) is 17.8. The number of hydrogen-bond donors (Lipinski definition) is 0. The van der Waals surface area contributed by atoms with Gasteiger partial charge in [0.2, 0.25) is 6.10 Å². The Morgan fingerprint density at radius 2 is 1.72 bits per heavy atom. The maximum atomic E-state index is 12.5. The lowest BCUT2D eigenvalue weighted by Gasteiger charge is -2.17. The second-order valence-electron chi connectivity index (χ2n) is 5.73. The molecule has 0 amide bonds. The summed E-state index contributed by atoms with van der Waals surface area (Å²) in [6.07, 6.45) is -1.07. The molecule has 1 heterocycles. The first kappa shape index (κ1) is 16.8. The molecule has 25 heavy (non-hydrogen) atoms. The van der Waals surface area contributed by atoms with Gasteiger partial charge in [0, 0.05) is 16.8 Å². The van der Waals surface area contributed by atoms with Gasteiger partial charge in [-0.15, -0.1) is 0 Å². The van der Waals surface area contributed by atoms with Crippen LogP contribution in [0, 0.1) is 6.92 Å². The van der Waals surface area contributed by atoms with Crippen molar-refractivity contribution in [3.63, 3.8) is 0 Å². The van der Waals surface area contributed by atoms with E-state index >= 15 is 0 Å². The normalized spacial score (nSPS) is 11.9. The van der Waals surface area contributed by atoms with Gasteiger partial charge >= 0.3 is 11.9 Å². The van der Waals surface area contributed by atoms with E-state index in [1.165, 1.54) is 7.11 Å². The third-order valence-corrected chi connectivity index (χ3v) is 4.07. The van der Waals surface area contributed by atoms with Crippen LogP contribution < -0.4 is 0 Å². The van der Waals surface area contributed by atoms with Crippen molar-refractivity contribution in [2.45, 2.75) is 19.6 Å². The van der Waals surface area contributed by atoms with Gasteiger partial charge in [0.25, 0.3) is 0 Å². The monoisotopic (exact) mass is 337 g/mol. The van der Waals surface area contributed by atoms with E-state index in [1.807, 2.05) is 47.9 Å². The zero-order valence-corrected chi connectivity index (χ0v) is 14.1.